The number of para-hydroxylation sites is 1. The molecule has 4 nitrogen and oxygen atoms in total. The maximum atomic E-state index is 12.4. The molecule has 0 aliphatic rings. The summed E-state index contributed by atoms with van der Waals surface area (Å²) in [5, 5.41) is 2.87. The molecule has 1 N–H and O–H groups in total. The van der Waals surface area contributed by atoms with Crippen molar-refractivity contribution >= 4 is 11.6 Å². The van der Waals surface area contributed by atoms with E-state index in [1.807, 2.05) is 43.3 Å². The van der Waals surface area contributed by atoms with Crippen molar-refractivity contribution in [1.82, 2.24) is 0 Å². The number of benzene rings is 2. The number of nitrogens with one attached hydrogen (secondary N) is 1. The number of rotatable bonds is 7. The lowest BCUT2D eigenvalue weighted by atomic mass is 10.2. The molecule has 0 heterocycles. The van der Waals surface area contributed by atoms with Crippen LogP contribution < -0.4 is 14.8 Å². The lowest BCUT2D eigenvalue weighted by Crippen LogP contribution is -2.13. The predicted octanol–water partition coefficient (Wildman–Crippen LogP) is 4.13. The van der Waals surface area contributed by atoms with Gasteiger partial charge in [-0.05, 0) is 37.6 Å². The van der Waals surface area contributed by atoms with Crippen LogP contribution in [0.4, 0.5) is 5.69 Å². The molecule has 1 amide bonds. The second-order valence-electron chi connectivity index (χ2n) is 4.76. The van der Waals surface area contributed by atoms with E-state index in [4.69, 9.17) is 9.47 Å². The summed E-state index contributed by atoms with van der Waals surface area (Å²) < 4.78 is 11.1. The number of ether oxygens (including phenoxy) is 2. The van der Waals surface area contributed by atoms with Gasteiger partial charge in [0.1, 0.15) is 11.5 Å². The van der Waals surface area contributed by atoms with Crippen LogP contribution >= 0.6 is 0 Å². The van der Waals surface area contributed by atoms with Crippen LogP contribution in [-0.4, -0.2) is 19.1 Å². The molecule has 2 rings (SSSR count). The first kappa shape index (κ1) is 15.9. The number of anilines is 1. The monoisotopic (exact) mass is 299 g/mol. The van der Waals surface area contributed by atoms with Gasteiger partial charge in [0.2, 0.25) is 0 Å². The van der Waals surface area contributed by atoms with Gasteiger partial charge in [-0.2, -0.15) is 0 Å². The van der Waals surface area contributed by atoms with Crippen LogP contribution in [0.25, 0.3) is 0 Å². The zero-order chi connectivity index (χ0) is 15.8. The summed E-state index contributed by atoms with van der Waals surface area (Å²) in [5.74, 6) is 1.13. The van der Waals surface area contributed by atoms with E-state index < -0.39 is 0 Å². The second-order valence-corrected chi connectivity index (χ2v) is 4.76. The van der Waals surface area contributed by atoms with Crippen LogP contribution in [-0.2, 0) is 0 Å². The average molecular weight is 299 g/mol. The predicted molar refractivity (Wildman–Crippen MR) is 87.8 cm³/mol. The van der Waals surface area contributed by atoms with Gasteiger partial charge < -0.3 is 14.8 Å². The zero-order valence-corrected chi connectivity index (χ0v) is 13.0. The van der Waals surface area contributed by atoms with Crippen molar-refractivity contribution in [3.05, 3.63) is 54.1 Å². The Morgan fingerprint density at radius 2 is 1.86 bits per heavy atom. The number of amides is 1. The van der Waals surface area contributed by atoms with Crippen molar-refractivity contribution in [2.45, 2.75) is 20.3 Å². The topological polar surface area (TPSA) is 47.6 Å². The van der Waals surface area contributed by atoms with E-state index in [0.717, 1.165) is 12.2 Å². The highest BCUT2D eigenvalue weighted by Crippen LogP contribution is 2.22. The van der Waals surface area contributed by atoms with Crippen LogP contribution in [0.2, 0.25) is 0 Å². The van der Waals surface area contributed by atoms with Gasteiger partial charge in [0, 0.05) is 11.8 Å². The molecular weight excluding hydrogens is 278 g/mol. The quantitative estimate of drug-likeness (QED) is 0.836. The number of hydrogen-bond donors (Lipinski definition) is 1. The van der Waals surface area contributed by atoms with Crippen LogP contribution in [0.5, 0.6) is 11.5 Å². The van der Waals surface area contributed by atoms with E-state index in [9.17, 15) is 4.79 Å². The number of carbonyl (C=O) groups excluding carboxylic acids is 1. The molecule has 0 unspecified atom stereocenters. The molecule has 0 aliphatic carbocycles. The molecule has 0 saturated heterocycles. The Kier molecular flexibility index (Phi) is 5.83. The van der Waals surface area contributed by atoms with Crippen LogP contribution in [0.1, 0.15) is 30.6 Å². The van der Waals surface area contributed by atoms with Crippen LogP contribution in [0, 0.1) is 0 Å². The van der Waals surface area contributed by atoms with Gasteiger partial charge in [0.25, 0.3) is 5.91 Å². The summed E-state index contributed by atoms with van der Waals surface area (Å²) in [6.07, 6.45) is 0.943. The minimum absolute atomic E-state index is 0.198. The Hall–Kier alpha value is -2.49. The van der Waals surface area contributed by atoms with Crippen molar-refractivity contribution in [3.8, 4) is 11.5 Å². The molecule has 0 saturated carbocycles. The Morgan fingerprint density at radius 1 is 1.05 bits per heavy atom. The molecule has 0 spiro atoms. The van der Waals surface area contributed by atoms with E-state index >= 15 is 0 Å². The van der Waals surface area contributed by atoms with Crippen molar-refractivity contribution in [3.63, 3.8) is 0 Å². The van der Waals surface area contributed by atoms with Crippen LogP contribution in [0.15, 0.2) is 48.5 Å². The smallest absolute Gasteiger partial charge is 0.259 e. The van der Waals surface area contributed by atoms with E-state index in [-0.39, 0.29) is 5.91 Å². The minimum Gasteiger partial charge on any atom is -0.494 e. The molecular formula is C18H21NO3. The molecule has 4 heteroatoms. The van der Waals surface area contributed by atoms with Gasteiger partial charge in [-0.25, -0.2) is 0 Å². The van der Waals surface area contributed by atoms with Gasteiger partial charge in [-0.15, -0.1) is 0 Å². The second kappa shape index (κ2) is 8.08. The maximum absolute atomic E-state index is 12.4. The standard InChI is InChI=1S/C18H21NO3/c1-3-12-22-15-9-7-8-14(13-15)19-18(20)16-10-5-6-11-17(16)21-4-2/h5-11,13H,3-4,12H2,1-2H3,(H,19,20). The van der Waals surface area contributed by atoms with E-state index in [1.54, 1.807) is 12.1 Å². The normalized spacial score (nSPS) is 10.1. The fourth-order valence-electron chi connectivity index (χ4n) is 2.02. The third-order valence-corrected chi connectivity index (χ3v) is 3.00. The molecule has 0 radical (unpaired) electrons. The average Bonchev–Trinajstić information content (AvgIpc) is 2.54. The fraction of sp³-hybridized carbons (Fsp3) is 0.278. The largest absolute Gasteiger partial charge is 0.494 e. The van der Waals surface area contributed by atoms with Crippen LogP contribution in [0.3, 0.4) is 0 Å². The summed E-state index contributed by atoms with van der Waals surface area (Å²) in [7, 11) is 0. The van der Waals surface area contributed by atoms with Gasteiger partial charge in [0.05, 0.1) is 18.8 Å². The molecule has 2 aromatic rings. The molecule has 0 atom stereocenters. The summed E-state index contributed by atoms with van der Waals surface area (Å²) in [5.41, 5.74) is 1.22. The Balaban J connectivity index is 2.12. The van der Waals surface area contributed by atoms with Gasteiger partial charge >= 0.3 is 0 Å². The Morgan fingerprint density at radius 3 is 2.64 bits per heavy atom. The highest BCUT2D eigenvalue weighted by Gasteiger charge is 2.12. The van der Waals surface area contributed by atoms with Crippen molar-refractivity contribution in [1.29, 1.82) is 0 Å². The van der Waals surface area contributed by atoms with E-state index in [2.05, 4.69) is 12.2 Å². The minimum atomic E-state index is -0.198. The maximum Gasteiger partial charge on any atom is 0.259 e. The molecule has 0 aromatic heterocycles. The molecule has 0 fully saturated rings. The van der Waals surface area contributed by atoms with Crippen molar-refractivity contribution in [2.24, 2.45) is 0 Å². The summed E-state index contributed by atoms with van der Waals surface area (Å²) in [6, 6.07) is 14.6. The van der Waals surface area contributed by atoms with E-state index in [0.29, 0.717) is 30.2 Å². The SMILES string of the molecule is CCCOc1cccc(NC(=O)c2ccccc2OCC)c1. The third-order valence-electron chi connectivity index (χ3n) is 3.00. The first-order chi connectivity index (χ1) is 10.7. The summed E-state index contributed by atoms with van der Waals surface area (Å²) in [4.78, 5) is 12.4. The highest BCUT2D eigenvalue weighted by molar-refractivity contribution is 6.06. The molecule has 116 valence electrons. The molecule has 2 aromatic carbocycles. The number of hydrogen-bond acceptors (Lipinski definition) is 3. The van der Waals surface area contributed by atoms with Crippen molar-refractivity contribution in [2.75, 3.05) is 18.5 Å². The molecule has 0 bridgehead atoms. The van der Waals surface area contributed by atoms with Gasteiger partial charge in [0.15, 0.2) is 0 Å². The highest BCUT2D eigenvalue weighted by atomic mass is 16.5. The summed E-state index contributed by atoms with van der Waals surface area (Å²) >= 11 is 0. The van der Waals surface area contributed by atoms with Gasteiger partial charge in [-0.3, -0.25) is 4.79 Å². The van der Waals surface area contributed by atoms with E-state index in [1.165, 1.54) is 0 Å². The lowest BCUT2D eigenvalue weighted by molar-refractivity contribution is 0.102. The van der Waals surface area contributed by atoms with Gasteiger partial charge in [-0.1, -0.05) is 25.1 Å². The summed E-state index contributed by atoms with van der Waals surface area (Å²) in [6.45, 7) is 5.12. The lowest BCUT2D eigenvalue weighted by Gasteiger charge is -2.11. The first-order valence-corrected chi connectivity index (χ1v) is 7.50. The van der Waals surface area contributed by atoms with Crippen molar-refractivity contribution < 1.29 is 14.3 Å². The fourth-order valence-corrected chi connectivity index (χ4v) is 2.02. The Bertz CT molecular complexity index is 625. The number of carbonyl (C=O) groups is 1. The first-order valence-electron chi connectivity index (χ1n) is 7.50. The Labute approximate surface area is 131 Å². The molecule has 0 aliphatic heterocycles. The third kappa shape index (κ3) is 4.25. The zero-order valence-electron chi connectivity index (χ0n) is 13.0. The molecule has 22 heavy (non-hydrogen) atoms.